The molecule has 0 unspecified atom stereocenters. The van der Waals surface area contributed by atoms with Crippen LogP contribution in [0.1, 0.15) is 0 Å². The molecule has 0 amide bonds. The number of anilines is 9. The van der Waals surface area contributed by atoms with E-state index >= 15 is 0 Å². The Morgan fingerprint density at radius 3 is 1.10 bits per heavy atom. The van der Waals surface area contributed by atoms with Gasteiger partial charge in [-0.2, -0.15) is 0 Å². The maximum atomic E-state index is 2.47. The van der Waals surface area contributed by atoms with Crippen molar-refractivity contribution in [2.45, 2.75) is 0 Å². The van der Waals surface area contributed by atoms with E-state index in [4.69, 9.17) is 0 Å². The Bertz CT molecular complexity index is 4230. The zero-order chi connectivity index (χ0) is 51.8. The van der Waals surface area contributed by atoms with Crippen LogP contribution in [0.3, 0.4) is 0 Å². The maximum absolute atomic E-state index is 2.47. The number of thiophene rings is 1. The second-order valence-corrected chi connectivity index (χ2v) is 20.7. The summed E-state index contributed by atoms with van der Waals surface area (Å²) in [4.78, 5) is 7.28. The van der Waals surface area contributed by atoms with E-state index < -0.39 is 0 Å². The zero-order valence-corrected chi connectivity index (χ0v) is 43.5. The van der Waals surface area contributed by atoms with Crippen LogP contribution in [0.5, 0.6) is 0 Å². The average Bonchev–Trinajstić information content (AvgIpc) is 3.91. The summed E-state index contributed by atoms with van der Waals surface area (Å²) < 4.78 is 2.49. The van der Waals surface area contributed by atoms with Crippen molar-refractivity contribution in [1.29, 1.82) is 0 Å². The molecular weight excluding hydrogens is 963 g/mol. The van der Waals surface area contributed by atoms with E-state index in [-0.39, 0.29) is 0 Å². The van der Waals surface area contributed by atoms with Gasteiger partial charge in [0.2, 0.25) is 0 Å². The number of rotatable bonds is 12. The van der Waals surface area contributed by atoms with Crippen molar-refractivity contribution in [3.8, 4) is 33.4 Å². The lowest BCUT2D eigenvalue weighted by Crippen LogP contribution is -2.16. The molecule has 0 fully saturated rings. The van der Waals surface area contributed by atoms with Crippen LogP contribution in [0.4, 0.5) is 51.2 Å². The third kappa shape index (κ3) is 8.70. The largest absolute Gasteiger partial charge is 0.310 e. The van der Waals surface area contributed by atoms with Crippen molar-refractivity contribution in [2.75, 3.05) is 14.7 Å². The number of hydrogen-bond acceptors (Lipinski definition) is 4. The molecule has 0 N–H and O–H groups in total. The Hall–Kier alpha value is -10.0. The van der Waals surface area contributed by atoms with Gasteiger partial charge in [0.05, 0.1) is 27.4 Å². The van der Waals surface area contributed by atoms with Crippen molar-refractivity contribution < 1.29 is 0 Å². The summed E-state index contributed by atoms with van der Waals surface area (Å²) in [5.41, 5.74) is 16.5. The molecule has 0 bridgehead atoms. The van der Waals surface area contributed by atoms with Crippen molar-refractivity contribution in [3.63, 3.8) is 0 Å². The fraction of sp³-hybridized carbons (Fsp3) is 0. The highest BCUT2D eigenvalue weighted by molar-refractivity contribution is 7.26. The normalized spacial score (nSPS) is 11.3. The molecule has 14 aromatic rings. The van der Waals surface area contributed by atoms with E-state index in [2.05, 4.69) is 324 Å². The van der Waals surface area contributed by atoms with Crippen LogP contribution in [0.25, 0.3) is 75.1 Å². The predicted octanol–water partition coefficient (Wildman–Crippen LogP) is 21.8. The summed E-state index contributed by atoms with van der Waals surface area (Å²) in [5.74, 6) is 0. The Kier molecular flexibility index (Phi) is 12.1. The Morgan fingerprint density at radius 2 is 0.577 bits per heavy atom. The molecule has 3 nitrogen and oxygen atoms in total. The summed E-state index contributed by atoms with van der Waals surface area (Å²) in [5, 5.41) is 7.43. The van der Waals surface area contributed by atoms with Crippen LogP contribution in [0.15, 0.2) is 309 Å². The first-order chi connectivity index (χ1) is 38.7. The molecule has 1 heterocycles. The quantitative estimate of drug-likeness (QED) is 0.121. The standard InChI is InChI=1S/C74H51N3S/c1-4-19-52(20-5-1)53-37-43-62(44-38-53)77(72-35-18-34-71-70-31-14-15-36-73(70)78-74(71)72)65-50-63(75(58-25-6-2-7-26-58)60-45-39-56(40-46-60)68-32-16-23-54-21-10-12-29-66(54)68)49-64(51-65)76(59-27-8-3-9-28-59)61-47-41-57(42-48-61)69-33-17-24-55-22-11-13-30-67(55)69/h1-51H. The van der Waals surface area contributed by atoms with Gasteiger partial charge in [0.15, 0.2) is 0 Å². The number of fused-ring (bicyclic) bond motifs is 5. The third-order valence-electron chi connectivity index (χ3n) is 15.0. The second-order valence-electron chi connectivity index (χ2n) is 19.7. The zero-order valence-electron chi connectivity index (χ0n) is 42.7. The van der Waals surface area contributed by atoms with Gasteiger partial charge in [-0.3, -0.25) is 0 Å². The first-order valence-corrected chi connectivity index (χ1v) is 27.4. The van der Waals surface area contributed by atoms with Gasteiger partial charge in [-0.1, -0.05) is 218 Å². The van der Waals surface area contributed by atoms with Crippen molar-refractivity contribution in [3.05, 3.63) is 309 Å². The first kappa shape index (κ1) is 46.5. The summed E-state index contributed by atoms with van der Waals surface area (Å²) >= 11 is 1.85. The smallest absolute Gasteiger partial charge is 0.0640 e. The Morgan fingerprint density at radius 1 is 0.218 bits per heavy atom. The van der Waals surface area contributed by atoms with Gasteiger partial charge < -0.3 is 14.7 Å². The molecule has 0 aliphatic carbocycles. The summed E-state index contributed by atoms with van der Waals surface area (Å²) in [6.07, 6.45) is 0. The van der Waals surface area contributed by atoms with E-state index in [1.807, 2.05) is 11.3 Å². The molecular formula is C74H51N3S. The number of benzene rings is 13. The number of hydrogen-bond donors (Lipinski definition) is 0. The van der Waals surface area contributed by atoms with Gasteiger partial charge in [-0.05, 0) is 146 Å². The average molecular weight is 1010 g/mol. The van der Waals surface area contributed by atoms with Crippen LogP contribution in [-0.2, 0) is 0 Å². The molecule has 0 spiro atoms. The monoisotopic (exact) mass is 1010 g/mol. The third-order valence-corrected chi connectivity index (χ3v) is 16.2. The minimum Gasteiger partial charge on any atom is -0.310 e. The highest BCUT2D eigenvalue weighted by Crippen LogP contribution is 2.50. The molecule has 78 heavy (non-hydrogen) atoms. The van der Waals surface area contributed by atoms with Crippen molar-refractivity contribution >= 4 is 104 Å². The van der Waals surface area contributed by atoms with E-state index in [0.717, 1.165) is 51.2 Å². The van der Waals surface area contributed by atoms with E-state index in [0.29, 0.717) is 0 Å². The minimum atomic E-state index is 1.01. The van der Waals surface area contributed by atoms with E-state index in [9.17, 15) is 0 Å². The molecule has 0 aliphatic rings. The van der Waals surface area contributed by atoms with Gasteiger partial charge in [-0.25, -0.2) is 0 Å². The summed E-state index contributed by atoms with van der Waals surface area (Å²) in [7, 11) is 0. The molecule has 13 aromatic carbocycles. The Balaban J connectivity index is 1.01. The topological polar surface area (TPSA) is 9.72 Å². The van der Waals surface area contributed by atoms with Crippen molar-refractivity contribution in [1.82, 2.24) is 0 Å². The second kappa shape index (κ2) is 20.3. The minimum absolute atomic E-state index is 1.01. The Labute approximate surface area is 459 Å². The molecule has 0 aliphatic heterocycles. The van der Waals surface area contributed by atoms with E-state index in [1.54, 1.807) is 0 Å². The van der Waals surface area contributed by atoms with Gasteiger partial charge in [0, 0.05) is 43.9 Å². The van der Waals surface area contributed by atoms with Gasteiger partial charge in [0.1, 0.15) is 0 Å². The fourth-order valence-corrected chi connectivity index (χ4v) is 12.5. The van der Waals surface area contributed by atoms with E-state index in [1.165, 1.54) is 75.1 Å². The van der Waals surface area contributed by atoms with Crippen LogP contribution in [0, 0.1) is 0 Å². The lowest BCUT2D eigenvalue weighted by molar-refractivity contribution is 1.23. The predicted molar refractivity (Wildman–Crippen MR) is 335 cm³/mol. The maximum Gasteiger partial charge on any atom is 0.0640 e. The molecule has 14 rings (SSSR count). The highest BCUT2D eigenvalue weighted by Gasteiger charge is 2.25. The molecule has 368 valence electrons. The molecule has 0 atom stereocenters. The van der Waals surface area contributed by atoms with Crippen LogP contribution in [0.2, 0.25) is 0 Å². The lowest BCUT2D eigenvalue weighted by Gasteiger charge is -2.33. The molecule has 0 saturated carbocycles. The summed E-state index contributed by atoms with van der Waals surface area (Å²) in [6.45, 7) is 0. The molecule has 4 heteroatoms. The first-order valence-electron chi connectivity index (χ1n) is 26.6. The van der Waals surface area contributed by atoms with Crippen LogP contribution >= 0.6 is 11.3 Å². The van der Waals surface area contributed by atoms with Crippen LogP contribution < -0.4 is 14.7 Å². The summed E-state index contributed by atoms with van der Waals surface area (Å²) in [6, 6.07) is 113. The van der Waals surface area contributed by atoms with Crippen molar-refractivity contribution in [2.24, 2.45) is 0 Å². The SMILES string of the molecule is c1ccc(-c2ccc(N(c3cc(N(c4ccccc4)c4ccc(-c5cccc6ccccc56)cc4)cc(N(c4ccccc4)c4ccc(-c5cccc6ccccc56)cc4)c3)c3cccc4c3sc3ccccc34)cc2)cc1. The number of nitrogens with zero attached hydrogens (tertiary/aromatic N) is 3. The number of para-hydroxylation sites is 2. The fourth-order valence-electron chi connectivity index (χ4n) is 11.3. The highest BCUT2D eigenvalue weighted by atomic mass is 32.1. The van der Waals surface area contributed by atoms with Gasteiger partial charge in [-0.15, -0.1) is 11.3 Å². The van der Waals surface area contributed by atoms with Crippen LogP contribution in [-0.4, -0.2) is 0 Å². The van der Waals surface area contributed by atoms with Gasteiger partial charge >= 0.3 is 0 Å². The van der Waals surface area contributed by atoms with Gasteiger partial charge in [0.25, 0.3) is 0 Å². The molecule has 0 saturated heterocycles. The lowest BCUT2D eigenvalue weighted by atomic mass is 9.98. The molecule has 1 aromatic heterocycles. The molecule has 0 radical (unpaired) electrons.